The van der Waals surface area contributed by atoms with Crippen molar-refractivity contribution in [3.05, 3.63) is 34.9 Å². The minimum absolute atomic E-state index is 0.0579. The summed E-state index contributed by atoms with van der Waals surface area (Å²) in [5.74, 6) is 0.984. The Hall–Kier alpha value is -4.18. The Labute approximate surface area is 192 Å². The molecule has 0 aromatic carbocycles. The summed E-state index contributed by atoms with van der Waals surface area (Å²) in [6.07, 6.45) is -1.82. The fourth-order valence-corrected chi connectivity index (χ4v) is 3.00. The molecule has 1 aromatic rings. The number of hydrogen-bond donors (Lipinski definition) is 1. The molecule has 1 aromatic heterocycles. The van der Waals surface area contributed by atoms with Crippen molar-refractivity contribution in [2.75, 3.05) is 12.1 Å². The van der Waals surface area contributed by atoms with Gasteiger partial charge in [0.2, 0.25) is 0 Å². The number of carbonyl (C=O) groups excluding carboxylic acids is 4. The highest BCUT2D eigenvalue weighted by Crippen LogP contribution is 2.34. The molecule has 0 spiro atoms. The van der Waals surface area contributed by atoms with E-state index in [0.717, 1.165) is 16.7 Å². The van der Waals surface area contributed by atoms with E-state index in [-0.39, 0.29) is 5.82 Å². The van der Waals surface area contributed by atoms with Gasteiger partial charge in [0.15, 0.2) is 24.3 Å². The van der Waals surface area contributed by atoms with Crippen LogP contribution in [0, 0.1) is 17.8 Å². The van der Waals surface area contributed by atoms with Gasteiger partial charge in [0.1, 0.15) is 12.7 Å². The molecule has 1 fully saturated rings. The van der Waals surface area contributed by atoms with Gasteiger partial charge in [-0.2, -0.15) is 4.98 Å². The van der Waals surface area contributed by atoms with Gasteiger partial charge >= 0.3 is 29.6 Å². The van der Waals surface area contributed by atoms with Crippen molar-refractivity contribution in [2.45, 2.75) is 45.3 Å². The van der Waals surface area contributed by atoms with Crippen LogP contribution in [0.3, 0.4) is 0 Å². The Morgan fingerprint density at radius 1 is 1.18 bits per heavy atom. The number of aromatic nitrogens is 2. The first-order valence-electron chi connectivity index (χ1n) is 10.1. The van der Waals surface area contributed by atoms with E-state index in [9.17, 15) is 24.0 Å². The number of anilines is 1. The van der Waals surface area contributed by atoms with Crippen molar-refractivity contribution >= 4 is 29.7 Å². The summed E-state index contributed by atoms with van der Waals surface area (Å²) in [4.78, 5) is 68.5. The SMILES string of the molecule is CC#CC(=O)OC[C@H]1O[C@@H](n2ccc(NOC(=O)C(C)C)nc2=O)[C@@H]2OC(=O)/C=C\C(=O)OC21. The Kier molecular flexibility index (Phi) is 7.64. The summed E-state index contributed by atoms with van der Waals surface area (Å²) in [7, 11) is 0. The lowest BCUT2D eigenvalue weighted by atomic mass is 10.1. The van der Waals surface area contributed by atoms with Gasteiger partial charge in [0.25, 0.3) is 0 Å². The molecule has 2 aliphatic rings. The number of nitrogens with one attached hydrogen (secondary N) is 1. The van der Waals surface area contributed by atoms with Gasteiger partial charge in [-0.25, -0.2) is 29.5 Å². The number of carbonyl (C=O) groups is 4. The van der Waals surface area contributed by atoms with Crippen molar-refractivity contribution < 1.29 is 43.0 Å². The van der Waals surface area contributed by atoms with Crippen molar-refractivity contribution in [2.24, 2.45) is 5.92 Å². The zero-order valence-corrected chi connectivity index (χ0v) is 18.4. The van der Waals surface area contributed by atoms with Gasteiger partial charge in [-0.3, -0.25) is 4.57 Å². The molecule has 1 N–H and O–H groups in total. The molecule has 0 saturated carbocycles. The van der Waals surface area contributed by atoms with Crippen LogP contribution in [-0.4, -0.2) is 58.3 Å². The minimum atomic E-state index is -1.28. The molecule has 34 heavy (non-hydrogen) atoms. The second-order valence-corrected chi connectivity index (χ2v) is 7.36. The van der Waals surface area contributed by atoms with Crippen molar-refractivity contribution in [3.63, 3.8) is 0 Å². The smallest absolute Gasteiger partial charge is 0.384 e. The topological polar surface area (TPSA) is 161 Å². The van der Waals surface area contributed by atoms with E-state index in [1.165, 1.54) is 19.2 Å². The quantitative estimate of drug-likeness (QED) is 0.187. The normalized spacial score (nSPS) is 24.4. The number of ether oxygens (including phenoxy) is 4. The molecule has 2 aliphatic heterocycles. The first-order chi connectivity index (χ1) is 16.2. The number of rotatable bonds is 6. The monoisotopic (exact) mass is 475 g/mol. The van der Waals surface area contributed by atoms with Gasteiger partial charge in [-0.05, 0) is 6.92 Å². The summed E-state index contributed by atoms with van der Waals surface area (Å²) in [6.45, 7) is 4.31. The van der Waals surface area contributed by atoms with Crippen LogP contribution in [0.2, 0.25) is 0 Å². The third kappa shape index (κ3) is 5.78. The molecule has 3 rings (SSSR count). The van der Waals surface area contributed by atoms with Crippen LogP contribution < -0.4 is 11.2 Å². The fraction of sp³-hybridized carbons (Fsp3) is 0.429. The molecule has 0 bridgehead atoms. The van der Waals surface area contributed by atoms with E-state index in [1.807, 2.05) is 0 Å². The highest BCUT2D eigenvalue weighted by molar-refractivity contribution is 5.92. The van der Waals surface area contributed by atoms with Crippen LogP contribution in [0.1, 0.15) is 27.0 Å². The largest absolute Gasteiger partial charge is 0.453 e. The van der Waals surface area contributed by atoms with E-state index < -0.39 is 66.6 Å². The van der Waals surface area contributed by atoms with Crippen LogP contribution in [0.25, 0.3) is 0 Å². The van der Waals surface area contributed by atoms with E-state index in [4.69, 9.17) is 23.8 Å². The average molecular weight is 475 g/mol. The number of esters is 3. The molecule has 0 radical (unpaired) electrons. The summed E-state index contributed by atoms with van der Waals surface area (Å²) in [6, 6.07) is 1.31. The second-order valence-electron chi connectivity index (χ2n) is 7.36. The molecule has 3 heterocycles. The summed E-state index contributed by atoms with van der Waals surface area (Å²) in [5.41, 5.74) is 1.42. The molecule has 1 saturated heterocycles. The maximum absolute atomic E-state index is 12.7. The molecule has 13 heteroatoms. The molecule has 0 amide bonds. The predicted octanol–water partition coefficient (Wildman–Crippen LogP) is -0.373. The highest BCUT2D eigenvalue weighted by Gasteiger charge is 2.51. The lowest BCUT2D eigenvalue weighted by Gasteiger charge is -2.25. The van der Waals surface area contributed by atoms with Crippen LogP contribution in [0.4, 0.5) is 5.82 Å². The number of hydrogen-bond acceptors (Lipinski definition) is 12. The fourth-order valence-electron chi connectivity index (χ4n) is 3.00. The second kappa shape index (κ2) is 10.6. The lowest BCUT2D eigenvalue weighted by molar-refractivity contribution is -0.164. The van der Waals surface area contributed by atoms with Gasteiger partial charge in [0, 0.05) is 30.3 Å². The Morgan fingerprint density at radius 3 is 2.47 bits per heavy atom. The maximum atomic E-state index is 12.7. The molecule has 180 valence electrons. The van der Waals surface area contributed by atoms with E-state index in [0.29, 0.717) is 0 Å². The van der Waals surface area contributed by atoms with Crippen molar-refractivity contribution in [3.8, 4) is 11.8 Å². The summed E-state index contributed by atoms with van der Waals surface area (Å²) in [5, 5.41) is 0. The molecule has 0 aliphatic carbocycles. The third-order valence-electron chi connectivity index (χ3n) is 4.58. The lowest BCUT2D eigenvalue weighted by Crippen LogP contribution is -2.43. The Bertz CT molecular complexity index is 1130. The molecule has 13 nitrogen and oxygen atoms in total. The maximum Gasteiger partial charge on any atom is 0.384 e. The zero-order chi connectivity index (χ0) is 24.8. The Balaban J connectivity index is 1.86. The van der Waals surface area contributed by atoms with Gasteiger partial charge in [0.05, 0.1) is 5.92 Å². The molecular weight excluding hydrogens is 454 g/mol. The van der Waals surface area contributed by atoms with E-state index in [1.54, 1.807) is 13.8 Å². The minimum Gasteiger partial charge on any atom is -0.453 e. The standard InChI is InChI=1S/C21H21N3O10/c1-4-5-14(25)30-10-12-17-18(33-16(27)7-6-15(26)32-17)19(31-12)24-9-8-13(22-21(24)29)23-34-20(28)11(2)3/h6-9,11-12,17-19H,10H2,1-3H3,(H,22,23,29)/b7-6-/t12-,17?,18-,19-/m1/s1. The number of nitrogens with zero attached hydrogens (tertiary/aromatic N) is 2. The van der Waals surface area contributed by atoms with Crippen molar-refractivity contribution in [1.29, 1.82) is 0 Å². The van der Waals surface area contributed by atoms with Gasteiger partial charge in [-0.15, -0.1) is 0 Å². The Morgan fingerprint density at radius 2 is 1.85 bits per heavy atom. The zero-order valence-electron chi connectivity index (χ0n) is 18.4. The highest BCUT2D eigenvalue weighted by atomic mass is 16.7. The van der Waals surface area contributed by atoms with Gasteiger partial charge in [-0.1, -0.05) is 19.8 Å². The van der Waals surface area contributed by atoms with E-state index >= 15 is 0 Å². The van der Waals surface area contributed by atoms with Crippen LogP contribution in [0.15, 0.2) is 29.2 Å². The van der Waals surface area contributed by atoms with Crippen molar-refractivity contribution in [1.82, 2.24) is 9.55 Å². The van der Waals surface area contributed by atoms with E-state index in [2.05, 4.69) is 22.3 Å². The third-order valence-corrected chi connectivity index (χ3v) is 4.58. The molecule has 1 unspecified atom stereocenters. The average Bonchev–Trinajstić information content (AvgIpc) is 3.09. The molecule has 4 atom stereocenters. The van der Waals surface area contributed by atoms with Gasteiger partial charge < -0.3 is 23.8 Å². The summed E-state index contributed by atoms with van der Waals surface area (Å²) < 4.78 is 22.4. The predicted molar refractivity (Wildman–Crippen MR) is 110 cm³/mol. The first-order valence-corrected chi connectivity index (χ1v) is 10.1. The number of fused-ring (bicyclic) bond motifs is 1. The molecular formula is C21H21N3O10. The van der Waals surface area contributed by atoms with Crippen LogP contribution in [-0.2, 0) is 43.0 Å². The summed E-state index contributed by atoms with van der Waals surface area (Å²) >= 11 is 0. The van der Waals surface area contributed by atoms with Crippen LogP contribution >= 0.6 is 0 Å². The van der Waals surface area contributed by atoms with Crippen LogP contribution in [0.5, 0.6) is 0 Å². The first kappa shape index (κ1) is 24.5.